The molecule has 0 amide bonds. The second-order valence-corrected chi connectivity index (χ2v) is 4.35. The lowest BCUT2D eigenvalue weighted by atomic mass is 10.2. The Balaban J connectivity index is 2.03. The zero-order valence-corrected chi connectivity index (χ0v) is 10.6. The van der Waals surface area contributed by atoms with E-state index in [1.165, 1.54) is 12.1 Å². The van der Waals surface area contributed by atoms with Gasteiger partial charge in [0.1, 0.15) is 11.5 Å². The minimum atomic E-state index is -0.234. The van der Waals surface area contributed by atoms with Crippen molar-refractivity contribution in [1.82, 2.24) is 9.38 Å². The van der Waals surface area contributed by atoms with E-state index in [-0.39, 0.29) is 5.82 Å². The molecule has 0 radical (unpaired) electrons. The van der Waals surface area contributed by atoms with Gasteiger partial charge in [-0.15, -0.1) is 0 Å². The van der Waals surface area contributed by atoms with Gasteiger partial charge in [0.05, 0.1) is 11.4 Å². The van der Waals surface area contributed by atoms with Gasteiger partial charge in [-0.3, -0.25) is 0 Å². The SMILES string of the molecule is CCNc1ccc2nc(-c3ccc(F)cc3)cn2c1. The zero-order valence-electron chi connectivity index (χ0n) is 10.6. The summed E-state index contributed by atoms with van der Waals surface area (Å²) in [4.78, 5) is 4.53. The molecule has 96 valence electrons. The van der Waals surface area contributed by atoms with E-state index in [1.54, 1.807) is 12.1 Å². The Hall–Kier alpha value is -2.36. The minimum absolute atomic E-state index is 0.234. The van der Waals surface area contributed by atoms with Crippen LogP contribution in [-0.2, 0) is 0 Å². The standard InChI is InChI=1S/C15H14FN3/c1-2-17-13-7-8-15-18-14(10-19(15)9-13)11-3-5-12(16)6-4-11/h3-10,17H,2H2,1H3. The summed E-state index contributed by atoms with van der Waals surface area (Å²) in [5, 5.41) is 3.26. The van der Waals surface area contributed by atoms with Crippen molar-refractivity contribution in [3.8, 4) is 11.3 Å². The van der Waals surface area contributed by atoms with Crippen molar-refractivity contribution in [3.63, 3.8) is 0 Å². The Morgan fingerprint density at radius 2 is 1.89 bits per heavy atom. The lowest BCUT2D eigenvalue weighted by Crippen LogP contribution is -1.97. The molecule has 0 fully saturated rings. The van der Waals surface area contributed by atoms with Gasteiger partial charge in [0.15, 0.2) is 0 Å². The molecule has 0 atom stereocenters. The molecule has 0 saturated heterocycles. The number of halogens is 1. The highest BCUT2D eigenvalue weighted by Gasteiger charge is 2.04. The van der Waals surface area contributed by atoms with Crippen molar-refractivity contribution < 1.29 is 4.39 Å². The predicted molar refractivity (Wildman–Crippen MR) is 74.7 cm³/mol. The number of anilines is 1. The Morgan fingerprint density at radius 1 is 1.11 bits per heavy atom. The first-order valence-corrected chi connectivity index (χ1v) is 6.25. The molecule has 19 heavy (non-hydrogen) atoms. The van der Waals surface area contributed by atoms with Crippen LogP contribution >= 0.6 is 0 Å². The smallest absolute Gasteiger partial charge is 0.137 e. The topological polar surface area (TPSA) is 29.3 Å². The van der Waals surface area contributed by atoms with Crippen LogP contribution in [-0.4, -0.2) is 15.9 Å². The first-order chi connectivity index (χ1) is 9.26. The number of pyridine rings is 1. The average Bonchev–Trinajstić information content (AvgIpc) is 2.83. The van der Waals surface area contributed by atoms with Crippen LogP contribution in [0.25, 0.3) is 16.9 Å². The third-order valence-electron chi connectivity index (χ3n) is 2.97. The third-order valence-corrected chi connectivity index (χ3v) is 2.97. The van der Waals surface area contributed by atoms with Crippen LogP contribution in [0.4, 0.5) is 10.1 Å². The Labute approximate surface area is 110 Å². The number of imidazole rings is 1. The summed E-state index contributed by atoms with van der Waals surface area (Å²) in [7, 11) is 0. The number of fused-ring (bicyclic) bond motifs is 1. The summed E-state index contributed by atoms with van der Waals surface area (Å²) in [5.41, 5.74) is 3.68. The van der Waals surface area contributed by atoms with E-state index in [9.17, 15) is 4.39 Å². The summed E-state index contributed by atoms with van der Waals surface area (Å²) >= 11 is 0. The Morgan fingerprint density at radius 3 is 2.63 bits per heavy atom. The van der Waals surface area contributed by atoms with Gasteiger partial charge in [0.25, 0.3) is 0 Å². The Kier molecular flexibility index (Phi) is 2.91. The van der Waals surface area contributed by atoms with E-state index >= 15 is 0 Å². The number of benzene rings is 1. The fraction of sp³-hybridized carbons (Fsp3) is 0.133. The van der Waals surface area contributed by atoms with E-state index in [0.717, 1.165) is 29.1 Å². The highest BCUT2D eigenvalue weighted by atomic mass is 19.1. The van der Waals surface area contributed by atoms with Gasteiger partial charge in [-0.1, -0.05) is 0 Å². The molecular formula is C15H14FN3. The van der Waals surface area contributed by atoms with Gasteiger partial charge in [-0.05, 0) is 43.3 Å². The van der Waals surface area contributed by atoms with E-state index in [4.69, 9.17) is 0 Å². The van der Waals surface area contributed by atoms with Gasteiger partial charge < -0.3 is 9.72 Å². The minimum Gasteiger partial charge on any atom is -0.384 e. The number of hydrogen-bond donors (Lipinski definition) is 1. The van der Waals surface area contributed by atoms with Gasteiger partial charge in [-0.2, -0.15) is 0 Å². The number of rotatable bonds is 3. The highest BCUT2D eigenvalue weighted by molar-refractivity contribution is 5.63. The molecule has 0 unspecified atom stereocenters. The molecule has 0 bridgehead atoms. The van der Waals surface area contributed by atoms with E-state index < -0.39 is 0 Å². The molecule has 0 aliphatic carbocycles. The summed E-state index contributed by atoms with van der Waals surface area (Å²) in [6.07, 6.45) is 3.95. The first-order valence-electron chi connectivity index (χ1n) is 6.25. The van der Waals surface area contributed by atoms with Crippen LogP contribution in [0.1, 0.15) is 6.92 Å². The molecule has 3 rings (SSSR count). The third kappa shape index (κ3) is 2.29. The average molecular weight is 255 g/mol. The van der Waals surface area contributed by atoms with Crippen LogP contribution in [0, 0.1) is 5.82 Å². The molecule has 3 nitrogen and oxygen atoms in total. The van der Waals surface area contributed by atoms with Gasteiger partial charge in [0.2, 0.25) is 0 Å². The fourth-order valence-electron chi connectivity index (χ4n) is 2.06. The number of nitrogens with zero attached hydrogens (tertiary/aromatic N) is 2. The molecule has 2 heterocycles. The van der Waals surface area contributed by atoms with Crippen LogP contribution in [0.3, 0.4) is 0 Å². The number of hydrogen-bond acceptors (Lipinski definition) is 2. The first kappa shape index (κ1) is 11.7. The van der Waals surface area contributed by atoms with E-state index in [1.807, 2.05) is 28.9 Å². The fourth-order valence-corrected chi connectivity index (χ4v) is 2.06. The van der Waals surface area contributed by atoms with Gasteiger partial charge in [0, 0.05) is 24.5 Å². The maximum Gasteiger partial charge on any atom is 0.137 e. The van der Waals surface area contributed by atoms with E-state index in [0.29, 0.717) is 0 Å². The van der Waals surface area contributed by atoms with Crippen molar-refractivity contribution in [2.75, 3.05) is 11.9 Å². The summed E-state index contributed by atoms with van der Waals surface area (Å²) in [5.74, 6) is -0.234. The lowest BCUT2D eigenvalue weighted by Gasteiger charge is -2.02. The molecule has 3 aromatic rings. The number of nitrogens with one attached hydrogen (secondary N) is 1. The summed E-state index contributed by atoms with van der Waals surface area (Å²) < 4.78 is 14.9. The molecular weight excluding hydrogens is 241 g/mol. The van der Waals surface area contributed by atoms with Gasteiger partial charge in [-0.25, -0.2) is 9.37 Å². The van der Waals surface area contributed by atoms with Crippen LogP contribution in [0.2, 0.25) is 0 Å². The van der Waals surface area contributed by atoms with Crippen molar-refractivity contribution >= 4 is 11.3 Å². The molecule has 4 heteroatoms. The van der Waals surface area contributed by atoms with Gasteiger partial charge >= 0.3 is 0 Å². The summed E-state index contributed by atoms with van der Waals surface area (Å²) in [6, 6.07) is 10.3. The zero-order chi connectivity index (χ0) is 13.2. The maximum absolute atomic E-state index is 12.9. The quantitative estimate of drug-likeness (QED) is 0.775. The summed E-state index contributed by atoms with van der Waals surface area (Å²) in [6.45, 7) is 2.94. The maximum atomic E-state index is 12.9. The Bertz CT molecular complexity index is 701. The van der Waals surface area contributed by atoms with Crippen LogP contribution in [0.5, 0.6) is 0 Å². The second kappa shape index (κ2) is 4.72. The van der Waals surface area contributed by atoms with Crippen LogP contribution < -0.4 is 5.32 Å². The van der Waals surface area contributed by atoms with Crippen molar-refractivity contribution in [3.05, 3.63) is 54.6 Å². The molecule has 1 N–H and O–H groups in total. The molecule has 1 aromatic carbocycles. The van der Waals surface area contributed by atoms with Crippen LogP contribution in [0.15, 0.2) is 48.8 Å². The molecule has 0 spiro atoms. The second-order valence-electron chi connectivity index (χ2n) is 4.35. The largest absolute Gasteiger partial charge is 0.384 e. The lowest BCUT2D eigenvalue weighted by molar-refractivity contribution is 0.628. The van der Waals surface area contributed by atoms with E-state index in [2.05, 4.69) is 17.2 Å². The highest BCUT2D eigenvalue weighted by Crippen LogP contribution is 2.20. The van der Waals surface area contributed by atoms with Crippen molar-refractivity contribution in [1.29, 1.82) is 0 Å². The molecule has 0 aliphatic rings. The molecule has 2 aromatic heterocycles. The number of aromatic nitrogens is 2. The predicted octanol–water partition coefficient (Wildman–Crippen LogP) is 3.57. The monoisotopic (exact) mass is 255 g/mol. The normalized spacial score (nSPS) is 10.8. The molecule has 0 aliphatic heterocycles. The van der Waals surface area contributed by atoms with Crippen molar-refractivity contribution in [2.45, 2.75) is 6.92 Å². The molecule has 0 saturated carbocycles. The van der Waals surface area contributed by atoms with Crippen molar-refractivity contribution in [2.24, 2.45) is 0 Å².